The highest BCUT2D eigenvalue weighted by atomic mass is 16.3. The molecule has 5 nitrogen and oxygen atoms in total. The van der Waals surface area contributed by atoms with E-state index in [1.54, 1.807) is 0 Å². The van der Waals surface area contributed by atoms with Gasteiger partial charge in [-0.1, -0.05) is 149 Å². The highest BCUT2D eigenvalue weighted by Crippen LogP contribution is 2.53. The van der Waals surface area contributed by atoms with E-state index in [0.29, 0.717) is 0 Å². The molecular formula is C74H50N2O3. The maximum absolute atomic E-state index is 6.88. The number of fused-ring (bicyclic) bond motifs is 17. The van der Waals surface area contributed by atoms with Gasteiger partial charge in [-0.15, -0.1) is 0 Å². The molecule has 374 valence electrons. The number of hydrogen-bond donors (Lipinski definition) is 0. The molecule has 0 amide bonds. The first-order chi connectivity index (χ1) is 38.6. The van der Waals surface area contributed by atoms with Gasteiger partial charge in [-0.2, -0.15) is 0 Å². The van der Waals surface area contributed by atoms with Crippen molar-refractivity contribution in [2.24, 2.45) is 0 Å². The quantitative estimate of drug-likeness (QED) is 0.166. The molecule has 12 aromatic carbocycles. The van der Waals surface area contributed by atoms with Gasteiger partial charge in [0.1, 0.15) is 33.5 Å². The molecule has 3 aromatic heterocycles. The first-order valence-electron chi connectivity index (χ1n) is 27.4. The minimum Gasteiger partial charge on any atom is -0.456 e. The van der Waals surface area contributed by atoms with Gasteiger partial charge in [0, 0.05) is 89.4 Å². The summed E-state index contributed by atoms with van der Waals surface area (Å²) in [6, 6.07) is 84.0. The largest absolute Gasteiger partial charge is 0.456 e. The Hall–Kier alpha value is -9.84. The molecule has 0 spiro atoms. The lowest BCUT2D eigenvalue weighted by molar-refractivity contribution is 0.660. The summed E-state index contributed by atoms with van der Waals surface area (Å²) >= 11 is 0. The minimum atomic E-state index is -0.142. The first-order valence-corrected chi connectivity index (χ1v) is 27.4. The van der Waals surface area contributed by atoms with Crippen LogP contribution in [0.4, 0.5) is 34.1 Å². The number of rotatable bonds is 6. The molecule has 5 heteroatoms. The van der Waals surface area contributed by atoms with Crippen LogP contribution in [0, 0.1) is 0 Å². The zero-order valence-electron chi connectivity index (χ0n) is 44.1. The van der Waals surface area contributed by atoms with Crippen molar-refractivity contribution in [1.29, 1.82) is 0 Å². The molecule has 3 heterocycles. The molecule has 0 saturated heterocycles. The second kappa shape index (κ2) is 15.9. The number of hydrogen-bond acceptors (Lipinski definition) is 5. The van der Waals surface area contributed by atoms with E-state index in [1.807, 2.05) is 0 Å². The van der Waals surface area contributed by atoms with Gasteiger partial charge in [0.25, 0.3) is 0 Å². The molecule has 17 rings (SSSR count). The van der Waals surface area contributed by atoms with Crippen molar-refractivity contribution in [2.45, 2.75) is 38.5 Å². The molecule has 15 aromatic rings. The summed E-state index contributed by atoms with van der Waals surface area (Å²) in [7, 11) is 0. The van der Waals surface area contributed by atoms with Crippen molar-refractivity contribution in [3.8, 4) is 22.3 Å². The molecule has 2 aliphatic rings. The van der Waals surface area contributed by atoms with E-state index in [1.165, 1.54) is 66.1 Å². The average molecular weight is 1020 g/mol. The Balaban J connectivity index is 0.768. The topological polar surface area (TPSA) is 45.9 Å². The van der Waals surface area contributed by atoms with Gasteiger partial charge in [-0.25, -0.2) is 0 Å². The van der Waals surface area contributed by atoms with Gasteiger partial charge in [-0.05, 0) is 163 Å². The van der Waals surface area contributed by atoms with Gasteiger partial charge >= 0.3 is 0 Å². The number of furan rings is 3. The zero-order valence-corrected chi connectivity index (χ0v) is 44.1. The molecule has 0 radical (unpaired) electrons. The summed E-state index contributed by atoms with van der Waals surface area (Å²) in [6.07, 6.45) is 0. The fourth-order valence-electron chi connectivity index (χ4n) is 13.8. The van der Waals surface area contributed by atoms with Crippen molar-refractivity contribution < 1.29 is 13.3 Å². The second-order valence-electron chi connectivity index (χ2n) is 22.9. The molecule has 0 fully saturated rings. The van der Waals surface area contributed by atoms with Crippen LogP contribution in [0.1, 0.15) is 49.9 Å². The van der Waals surface area contributed by atoms with E-state index >= 15 is 0 Å². The van der Waals surface area contributed by atoms with Gasteiger partial charge in [0.15, 0.2) is 0 Å². The van der Waals surface area contributed by atoms with Gasteiger partial charge in [-0.3, -0.25) is 0 Å². The summed E-state index contributed by atoms with van der Waals surface area (Å²) in [4.78, 5) is 4.74. The predicted molar refractivity (Wildman–Crippen MR) is 328 cm³/mol. The Kier molecular flexibility index (Phi) is 8.90. The van der Waals surface area contributed by atoms with Crippen molar-refractivity contribution >= 4 is 121 Å². The lowest BCUT2D eigenvalue weighted by Crippen LogP contribution is -2.16. The van der Waals surface area contributed by atoms with Gasteiger partial charge < -0.3 is 23.1 Å². The van der Waals surface area contributed by atoms with Crippen LogP contribution in [0.25, 0.3) is 110 Å². The Morgan fingerprint density at radius 2 is 0.544 bits per heavy atom. The van der Waals surface area contributed by atoms with Crippen LogP contribution in [0.15, 0.2) is 244 Å². The van der Waals surface area contributed by atoms with Crippen LogP contribution in [-0.2, 0) is 10.8 Å². The lowest BCUT2D eigenvalue weighted by Gasteiger charge is -2.28. The van der Waals surface area contributed by atoms with Crippen LogP contribution in [-0.4, -0.2) is 0 Å². The van der Waals surface area contributed by atoms with Crippen LogP contribution < -0.4 is 9.80 Å². The highest BCUT2D eigenvalue weighted by Gasteiger charge is 2.37. The summed E-state index contributed by atoms with van der Waals surface area (Å²) in [5.41, 5.74) is 21.5. The Morgan fingerprint density at radius 1 is 0.241 bits per heavy atom. The fourth-order valence-corrected chi connectivity index (χ4v) is 13.8. The summed E-state index contributed by atoms with van der Waals surface area (Å²) in [5.74, 6) is 0. The van der Waals surface area contributed by atoms with Gasteiger partial charge in [0.2, 0.25) is 0 Å². The first kappa shape index (κ1) is 44.3. The van der Waals surface area contributed by atoms with E-state index in [-0.39, 0.29) is 10.8 Å². The van der Waals surface area contributed by atoms with E-state index in [9.17, 15) is 0 Å². The van der Waals surface area contributed by atoms with Crippen molar-refractivity contribution in [3.05, 3.63) is 253 Å². The molecule has 2 aliphatic carbocycles. The molecule has 0 bridgehead atoms. The monoisotopic (exact) mass is 1010 g/mol. The fraction of sp³-hybridized carbons (Fsp3) is 0.0811. The highest BCUT2D eigenvalue weighted by molar-refractivity contribution is 6.19. The normalized spacial score (nSPS) is 14.0. The molecule has 79 heavy (non-hydrogen) atoms. The average Bonchev–Trinajstić information content (AvgIpc) is 4.41. The standard InChI is InChI=1S/C74H50N2O3/c1-73(2)63-19-11-9-17-53(63)55-29-25-49(35-65(55)73)75(47-23-21-43-13-5-7-15-45(43)33-47)51-27-31-57-59-39-71-61(41-69(59)77-67(57)37-51)62-42-70-60(40-72(62)79-71)58-32-28-52(38-68(58)78-70)76(48-24-22-44-14-6-8-16-46(44)34-48)50-26-30-56-54-18-10-12-20-64(54)74(3,4)66(56)36-50/h5-42H,1-4H3. The summed E-state index contributed by atoms with van der Waals surface area (Å²) in [6.45, 7) is 9.36. The van der Waals surface area contributed by atoms with Crippen molar-refractivity contribution in [3.63, 3.8) is 0 Å². The second-order valence-corrected chi connectivity index (χ2v) is 22.9. The lowest BCUT2D eigenvalue weighted by atomic mass is 9.82. The minimum absolute atomic E-state index is 0.142. The van der Waals surface area contributed by atoms with Crippen LogP contribution in [0.3, 0.4) is 0 Å². The van der Waals surface area contributed by atoms with E-state index in [0.717, 1.165) is 99.9 Å². The predicted octanol–water partition coefficient (Wildman–Crippen LogP) is 21.2. The molecular weight excluding hydrogens is 965 g/mol. The Labute approximate surface area is 455 Å². The zero-order chi connectivity index (χ0) is 52.5. The van der Waals surface area contributed by atoms with Crippen LogP contribution >= 0.6 is 0 Å². The van der Waals surface area contributed by atoms with E-state index in [4.69, 9.17) is 13.3 Å². The maximum Gasteiger partial charge on any atom is 0.137 e. The van der Waals surface area contributed by atoms with Gasteiger partial charge in [0.05, 0.1) is 0 Å². The third-order valence-electron chi connectivity index (χ3n) is 17.8. The number of nitrogens with zero attached hydrogens (tertiary/aromatic N) is 2. The summed E-state index contributed by atoms with van der Waals surface area (Å²) < 4.78 is 20.6. The third-order valence-corrected chi connectivity index (χ3v) is 17.8. The van der Waals surface area contributed by atoms with E-state index < -0.39 is 0 Å². The molecule has 0 saturated carbocycles. The van der Waals surface area contributed by atoms with E-state index in [2.05, 4.69) is 268 Å². The smallest absolute Gasteiger partial charge is 0.137 e. The molecule has 0 atom stereocenters. The Morgan fingerprint density at radius 3 is 0.975 bits per heavy atom. The number of anilines is 6. The third kappa shape index (κ3) is 6.39. The summed E-state index contributed by atoms with van der Waals surface area (Å²) in [5, 5.41) is 10.8. The van der Waals surface area contributed by atoms with Crippen molar-refractivity contribution in [1.82, 2.24) is 0 Å². The molecule has 0 unspecified atom stereocenters. The molecule has 0 aliphatic heterocycles. The van der Waals surface area contributed by atoms with Crippen molar-refractivity contribution in [2.75, 3.05) is 9.80 Å². The SMILES string of the molecule is CC1(C)c2ccccc2-c2ccc(N(c3ccc4ccccc4c3)c3ccc4c(c3)oc3cc5c(cc34)oc3cc4c(cc35)oc3cc(N(c5ccc6c(c5)C(C)(C)c5ccccc5-6)c5ccc6ccccc6c5)ccc34)cc21. The number of benzene rings is 12. The van der Waals surface area contributed by atoms with Crippen LogP contribution in [0.5, 0.6) is 0 Å². The maximum atomic E-state index is 6.88. The molecule has 0 N–H and O–H groups in total. The Bertz CT molecular complexity index is 4800. The van der Waals surface area contributed by atoms with Crippen LogP contribution in [0.2, 0.25) is 0 Å².